The maximum atomic E-state index is 14.7. The van der Waals surface area contributed by atoms with Gasteiger partial charge in [0.2, 0.25) is 0 Å². The Bertz CT molecular complexity index is 1600. The molecule has 9 heteroatoms. The Morgan fingerprint density at radius 2 is 1.84 bits per heavy atom. The summed E-state index contributed by atoms with van der Waals surface area (Å²) < 4.78 is 37.0. The van der Waals surface area contributed by atoms with Crippen molar-refractivity contribution in [1.29, 1.82) is 0 Å². The van der Waals surface area contributed by atoms with Crippen LogP contribution in [0.4, 0.5) is 8.78 Å². The molecule has 3 heterocycles. The van der Waals surface area contributed by atoms with E-state index in [1.165, 1.54) is 18.2 Å². The van der Waals surface area contributed by atoms with Gasteiger partial charge in [-0.1, -0.05) is 15.9 Å². The Hall–Kier alpha value is -3.82. The van der Waals surface area contributed by atoms with Gasteiger partial charge in [0.1, 0.15) is 23.9 Å². The molecule has 1 fully saturated rings. The molecule has 2 aromatic heterocycles. The number of amides is 1. The third kappa shape index (κ3) is 4.56. The number of halogens is 3. The Morgan fingerprint density at radius 3 is 2.62 bits per heavy atom. The first-order valence-electron chi connectivity index (χ1n) is 11.7. The van der Waals surface area contributed by atoms with Gasteiger partial charge in [0.05, 0.1) is 5.69 Å². The normalized spacial score (nSPS) is 15.7. The quantitative estimate of drug-likeness (QED) is 0.269. The minimum Gasteiger partial charge on any atom is -0.361 e. The molecule has 6 nitrogen and oxygen atoms in total. The number of nitrogens with zero attached hydrogens (tertiary/aromatic N) is 3. The van der Waals surface area contributed by atoms with Gasteiger partial charge in [0.25, 0.3) is 5.91 Å². The molecule has 1 aliphatic rings. The predicted molar refractivity (Wildman–Crippen MR) is 139 cm³/mol. The Morgan fingerprint density at radius 1 is 1.05 bits per heavy atom. The lowest BCUT2D eigenvalue weighted by Gasteiger charge is -2.23. The second-order valence-electron chi connectivity index (χ2n) is 8.87. The number of hydrogen-bond donors (Lipinski definition) is 1. The van der Waals surface area contributed by atoms with Gasteiger partial charge >= 0.3 is 0 Å². The van der Waals surface area contributed by atoms with E-state index in [-0.39, 0.29) is 30.7 Å². The minimum atomic E-state index is -0.714. The average molecular weight is 563 g/mol. The molecule has 1 saturated heterocycles. The topological polar surface area (TPSA) is 63.2 Å². The molecule has 0 bridgehead atoms. The summed E-state index contributed by atoms with van der Waals surface area (Å²) in [6, 6.07) is 18.8. The Balaban J connectivity index is 1.35. The van der Waals surface area contributed by atoms with Crippen LogP contribution in [0.15, 0.2) is 83.6 Å². The van der Waals surface area contributed by atoms with Crippen LogP contribution in [0.3, 0.4) is 0 Å². The summed E-state index contributed by atoms with van der Waals surface area (Å²) in [4.78, 5) is 17.6. The number of carbonyl (C=O) groups excluding carboxylic acids is 1. The SMILES string of the molecule is O=C1COC(c2cn(-c3ccc(Br)cc3)nc2-c2ccc(F)cc2)N1CCc1cc2[nH]ccc2cc1F. The lowest BCUT2D eigenvalue weighted by molar-refractivity contribution is -0.128. The van der Waals surface area contributed by atoms with Crippen molar-refractivity contribution in [2.75, 3.05) is 13.2 Å². The number of rotatable bonds is 6. The van der Waals surface area contributed by atoms with E-state index in [1.807, 2.05) is 36.5 Å². The van der Waals surface area contributed by atoms with E-state index in [4.69, 9.17) is 9.84 Å². The Kier molecular flexibility index (Phi) is 6.10. The number of aromatic nitrogens is 3. The number of ether oxygens (including phenoxy) is 1. The fourth-order valence-electron chi connectivity index (χ4n) is 4.63. The number of H-pyrrole nitrogens is 1. The van der Waals surface area contributed by atoms with Crippen LogP contribution in [0.1, 0.15) is 17.4 Å². The van der Waals surface area contributed by atoms with Crippen molar-refractivity contribution in [3.8, 4) is 16.9 Å². The second-order valence-corrected chi connectivity index (χ2v) is 9.79. The maximum absolute atomic E-state index is 14.7. The molecule has 0 aliphatic carbocycles. The van der Waals surface area contributed by atoms with Crippen molar-refractivity contribution in [1.82, 2.24) is 19.7 Å². The van der Waals surface area contributed by atoms with Crippen molar-refractivity contribution in [2.24, 2.45) is 0 Å². The van der Waals surface area contributed by atoms with Gasteiger partial charge in [-0.15, -0.1) is 0 Å². The maximum Gasteiger partial charge on any atom is 0.250 e. The number of benzene rings is 3. The third-order valence-corrected chi connectivity index (χ3v) is 7.06. The summed E-state index contributed by atoms with van der Waals surface area (Å²) >= 11 is 3.44. The van der Waals surface area contributed by atoms with E-state index >= 15 is 0 Å². The molecule has 5 aromatic rings. The van der Waals surface area contributed by atoms with Crippen molar-refractivity contribution >= 4 is 32.7 Å². The molecule has 0 radical (unpaired) electrons. The van der Waals surface area contributed by atoms with Crippen LogP contribution in [0.2, 0.25) is 0 Å². The number of fused-ring (bicyclic) bond motifs is 1. The van der Waals surface area contributed by atoms with E-state index in [0.717, 1.165) is 21.1 Å². The molecule has 0 spiro atoms. The fraction of sp³-hybridized carbons (Fsp3) is 0.143. The average Bonchev–Trinajstić information content (AvgIpc) is 3.62. The number of nitrogens with one attached hydrogen (secondary N) is 1. The van der Waals surface area contributed by atoms with Crippen LogP contribution in [-0.2, 0) is 16.0 Å². The molecule has 1 amide bonds. The highest BCUT2D eigenvalue weighted by Gasteiger charge is 2.36. The lowest BCUT2D eigenvalue weighted by atomic mass is 10.1. The standard InChI is InChI=1S/C28H21BrF2N4O2/c29-20-3-7-22(8-4-20)35-15-23(27(33-35)17-1-5-21(30)6-2-17)28-34(26(36)16-37-28)12-10-18-14-25-19(9-11-32-25)13-24(18)31/h1-9,11,13-15,28,32H,10,12,16H2. The summed E-state index contributed by atoms with van der Waals surface area (Å²) in [5.74, 6) is -0.855. The largest absolute Gasteiger partial charge is 0.361 e. The molecule has 1 aliphatic heterocycles. The van der Waals surface area contributed by atoms with Gasteiger partial charge < -0.3 is 14.6 Å². The van der Waals surface area contributed by atoms with Gasteiger partial charge in [-0.2, -0.15) is 5.10 Å². The molecular formula is C28H21BrF2N4O2. The molecule has 37 heavy (non-hydrogen) atoms. The highest BCUT2D eigenvalue weighted by atomic mass is 79.9. The van der Waals surface area contributed by atoms with E-state index in [9.17, 15) is 13.6 Å². The van der Waals surface area contributed by atoms with E-state index in [0.29, 0.717) is 28.8 Å². The minimum absolute atomic E-state index is 0.0882. The second kappa shape index (κ2) is 9.57. The molecule has 6 rings (SSSR count). The highest BCUT2D eigenvalue weighted by molar-refractivity contribution is 9.10. The zero-order valence-corrected chi connectivity index (χ0v) is 21.1. The van der Waals surface area contributed by atoms with Crippen LogP contribution in [0, 0.1) is 11.6 Å². The molecule has 1 atom stereocenters. The van der Waals surface area contributed by atoms with Crippen molar-refractivity contribution in [3.05, 3.63) is 106 Å². The summed E-state index contributed by atoms with van der Waals surface area (Å²) in [5, 5.41) is 5.57. The number of carbonyl (C=O) groups is 1. The van der Waals surface area contributed by atoms with E-state index in [1.54, 1.807) is 34.0 Å². The van der Waals surface area contributed by atoms with Gasteiger partial charge in [-0.3, -0.25) is 4.79 Å². The molecular weight excluding hydrogens is 542 g/mol. The monoisotopic (exact) mass is 562 g/mol. The van der Waals surface area contributed by atoms with Crippen molar-refractivity contribution < 1.29 is 18.3 Å². The lowest BCUT2D eigenvalue weighted by Crippen LogP contribution is -2.31. The molecule has 1 N–H and O–H groups in total. The smallest absolute Gasteiger partial charge is 0.250 e. The number of aromatic amines is 1. The summed E-state index contributed by atoms with van der Waals surface area (Å²) in [6.45, 7) is 0.175. The third-order valence-electron chi connectivity index (χ3n) is 6.53. The van der Waals surface area contributed by atoms with Gasteiger partial charge in [0, 0.05) is 45.4 Å². The first-order valence-corrected chi connectivity index (χ1v) is 12.5. The van der Waals surface area contributed by atoms with Crippen LogP contribution in [-0.4, -0.2) is 38.7 Å². The summed E-state index contributed by atoms with van der Waals surface area (Å²) in [5.41, 5.74) is 4.10. The van der Waals surface area contributed by atoms with Gasteiger partial charge in [-0.05, 0) is 78.7 Å². The summed E-state index contributed by atoms with van der Waals surface area (Å²) in [6.07, 6.45) is 3.19. The number of hydrogen-bond acceptors (Lipinski definition) is 3. The molecule has 0 saturated carbocycles. The van der Waals surface area contributed by atoms with Crippen LogP contribution in [0.5, 0.6) is 0 Å². The molecule has 186 valence electrons. The van der Waals surface area contributed by atoms with Gasteiger partial charge in [-0.25, -0.2) is 13.5 Å². The van der Waals surface area contributed by atoms with Crippen LogP contribution in [0.25, 0.3) is 27.8 Å². The fourth-order valence-corrected chi connectivity index (χ4v) is 4.89. The molecule has 3 aromatic carbocycles. The van der Waals surface area contributed by atoms with E-state index < -0.39 is 6.23 Å². The predicted octanol–water partition coefficient (Wildman–Crippen LogP) is 6.16. The summed E-state index contributed by atoms with van der Waals surface area (Å²) in [7, 11) is 0. The van der Waals surface area contributed by atoms with Crippen molar-refractivity contribution in [2.45, 2.75) is 12.6 Å². The molecule has 1 unspecified atom stereocenters. The highest BCUT2D eigenvalue weighted by Crippen LogP contribution is 2.35. The zero-order chi connectivity index (χ0) is 25.5. The van der Waals surface area contributed by atoms with E-state index in [2.05, 4.69) is 20.9 Å². The van der Waals surface area contributed by atoms with Crippen LogP contribution >= 0.6 is 15.9 Å². The van der Waals surface area contributed by atoms with Crippen molar-refractivity contribution in [3.63, 3.8) is 0 Å². The Labute approximate surface area is 219 Å². The van der Waals surface area contributed by atoms with Crippen LogP contribution < -0.4 is 0 Å². The zero-order valence-electron chi connectivity index (χ0n) is 19.5. The van der Waals surface area contributed by atoms with Gasteiger partial charge in [0.15, 0.2) is 6.23 Å². The first-order chi connectivity index (χ1) is 18.0. The first kappa shape index (κ1) is 23.6.